The molecule has 0 aliphatic carbocycles. The zero-order valence-electron chi connectivity index (χ0n) is 11.1. The van der Waals surface area contributed by atoms with Gasteiger partial charge in [-0.3, -0.25) is 0 Å². The fourth-order valence-electron chi connectivity index (χ4n) is 1.98. The zero-order valence-corrected chi connectivity index (χ0v) is 11.1. The maximum atomic E-state index is 9.10. The number of rotatable bonds is 6. The molecular formula is C15H18N4. The van der Waals surface area contributed by atoms with Crippen LogP contribution in [0, 0.1) is 11.3 Å². The van der Waals surface area contributed by atoms with Gasteiger partial charge in [0, 0.05) is 12.4 Å². The molecule has 0 atom stereocenters. The second kappa shape index (κ2) is 6.72. The molecule has 0 unspecified atom stereocenters. The molecule has 1 aromatic carbocycles. The molecule has 1 aromatic heterocycles. The molecule has 2 aromatic rings. The number of hydrogen-bond donors (Lipinski definition) is 1. The van der Waals surface area contributed by atoms with Crippen molar-refractivity contribution in [1.82, 2.24) is 14.9 Å². The summed E-state index contributed by atoms with van der Waals surface area (Å²) in [6.07, 6.45) is 4.87. The Morgan fingerprint density at radius 2 is 2.21 bits per heavy atom. The molecule has 98 valence electrons. The van der Waals surface area contributed by atoms with E-state index in [9.17, 15) is 0 Å². The van der Waals surface area contributed by atoms with E-state index in [1.807, 2.05) is 30.5 Å². The minimum Gasteiger partial charge on any atom is -0.329 e. The van der Waals surface area contributed by atoms with Crippen molar-refractivity contribution in [1.29, 1.82) is 5.26 Å². The number of hydrogen-bond acceptors (Lipinski definition) is 3. The molecule has 19 heavy (non-hydrogen) atoms. The number of imidazole rings is 1. The summed E-state index contributed by atoms with van der Waals surface area (Å²) in [5.74, 6) is 1.00. The van der Waals surface area contributed by atoms with Crippen LogP contribution in [-0.2, 0) is 13.1 Å². The minimum atomic E-state index is 0.687. The van der Waals surface area contributed by atoms with Crippen molar-refractivity contribution < 1.29 is 0 Å². The molecular weight excluding hydrogens is 236 g/mol. The first-order valence-electron chi connectivity index (χ1n) is 6.54. The standard InChI is InChI=1S/C15H18N4/c1-2-7-17-11-15-18-8-9-19(15)12-14-6-4-3-5-13(14)10-16/h3-6,8-9,17H,2,7,11-12H2,1H3. The van der Waals surface area contributed by atoms with Crippen LogP contribution in [-0.4, -0.2) is 16.1 Å². The van der Waals surface area contributed by atoms with E-state index in [1.165, 1.54) is 0 Å². The second-order valence-corrected chi connectivity index (χ2v) is 4.42. The number of nitrogens with one attached hydrogen (secondary N) is 1. The summed E-state index contributed by atoms with van der Waals surface area (Å²) < 4.78 is 2.08. The number of nitriles is 1. The fourth-order valence-corrected chi connectivity index (χ4v) is 1.98. The summed E-state index contributed by atoms with van der Waals surface area (Å²) in [5.41, 5.74) is 1.75. The highest BCUT2D eigenvalue weighted by molar-refractivity contribution is 5.37. The van der Waals surface area contributed by atoms with Crippen molar-refractivity contribution >= 4 is 0 Å². The third-order valence-corrected chi connectivity index (χ3v) is 2.99. The number of nitrogens with zero attached hydrogens (tertiary/aromatic N) is 3. The van der Waals surface area contributed by atoms with Gasteiger partial charge in [-0.15, -0.1) is 0 Å². The minimum absolute atomic E-state index is 0.687. The van der Waals surface area contributed by atoms with Crippen LogP contribution in [0.5, 0.6) is 0 Å². The molecule has 4 nitrogen and oxygen atoms in total. The van der Waals surface area contributed by atoms with Gasteiger partial charge in [-0.05, 0) is 24.6 Å². The van der Waals surface area contributed by atoms with Gasteiger partial charge in [-0.2, -0.15) is 5.26 Å². The van der Waals surface area contributed by atoms with Gasteiger partial charge in [0.2, 0.25) is 0 Å². The molecule has 0 amide bonds. The van der Waals surface area contributed by atoms with Crippen LogP contribution < -0.4 is 5.32 Å². The second-order valence-electron chi connectivity index (χ2n) is 4.42. The Labute approximate surface area is 113 Å². The van der Waals surface area contributed by atoms with Crippen molar-refractivity contribution in [2.45, 2.75) is 26.4 Å². The van der Waals surface area contributed by atoms with E-state index in [-0.39, 0.29) is 0 Å². The molecule has 0 radical (unpaired) electrons. The number of benzene rings is 1. The summed E-state index contributed by atoms with van der Waals surface area (Å²) in [6, 6.07) is 9.92. The Kier molecular flexibility index (Phi) is 4.71. The summed E-state index contributed by atoms with van der Waals surface area (Å²) >= 11 is 0. The summed E-state index contributed by atoms with van der Waals surface area (Å²) in [5, 5.41) is 12.4. The van der Waals surface area contributed by atoms with E-state index in [1.54, 1.807) is 6.20 Å². The summed E-state index contributed by atoms with van der Waals surface area (Å²) in [4.78, 5) is 4.36. The van der Waals surface area contributed by atoms with Crippen molar-refractivity contribution in [3.63, 3.8) is 0 Å². The lowest BCUT2D eigenvalue weighted by Crippen LogP contribution is -2.18. The van der Waals surface area contributed by atoms with Crippen molar-refractivity contribution in [2.24, 2.45) is 0 Å². The first-order chi connectivity index (χ1) is 9.35. The summed E-state index contributed by atoms with van der Waals surface area (Å²) in [7, 11) is 0. The van der Waals surface area contributed by atoms with E-state index >= 15 is 0 Å². The van der Waals surface area contributed by atoms with Crippen molar-refractivity contribution in [3.05, 3.63) is 53.6 Å². The predicted octanol–water partition coefficient (Wildman–Crippen LogP) is 2.30. The monoisotopic (exact) mass is 254 g/mol. The highest BCUT2D eigenvalue weighted by Crippen LogP contribution is 2.10. The van der Waals surface area contributed by atoms with Crippen molar-refractivity contribution in [3.8, 4) is 6.07 Å². The Morgan fingerprint density at radius 1 is 1.37 bits per heavy atom. The lowest BCUT2D eigenvalue weighted by molar-refractivity contribution is 0.615. The molecule has 0 fully saturated rings. The third-order valence-electron chi connectivity index (χ3n) is 2.99. The average molecular weight is 254 g/mol. The molecule has 0 aliphatic heterocycles. The van der Waals surface area contributed by atoms with Gasteiger partial charge in [0.05, 0.1) is 24.7 Å². The normalized spacial score (nSPS) is 10.3. The fraction of sp³-hybridized carbons (Fsp3) is 0.333. The lowest BCUT2D eigenvalue weighted by Gasteiger charge is -2.09. The molecule has 1 heterocycles. The SMILES string of the molecule is CCCNCc1nccn1Cc1ccccc1C#N. The lowest BCUT2D eigenvalue weighted by atomic mass is 10.1. The Hall–Kier alpha value is -2.12. The van der Waals surface area contributed by atoms with E-state index in [4.69, 9.17) is 5.26 Å². The van der Waals surface area contributed by atoms with Crippen LogP contribution in [0.1, 0.15) is 30.3 Å². The van der Waals surface area contributed by atoms with Crippen LogP contribution >= 0.6 is 0 Å². The van der Waals surface area contributed by atoms with E-state index in [2.05, 4.69) is 27.9 Å². The summed E-state index contributed by atoms with van der Waals surface area (Å²) in [6.45, 7) is 4.58. The van der Waals surface area contributed by atoms with E-state index in [0.29, 0.717) is 6.54 Å². The molecule has 0 aliphatic rings. The first kappa shape index (κ1) is 13.3. The van der Waals surface area contributed by atoms with Gasteiger partial charge in [-0.25, -0.2) is 4.98 Å². The van der Waals surface area contributed by atoms with Gasteiger partial charge >= 0.3 is 0 Å². The van der Waals surface area contributed by atoms with Crippen LogP contribution in [0.3, 0.4) is 0 Å². The van der Waals surface area contributed by atoms with Gasteiger partial charge in [0.25, 0.3) is 0 Å². The van der Waals surface area contributed by atoms with Gasteiger partial charge < -0.3 is 9.88 Å². The number of aromatic nitrogens is 2. The Balaban J connectivity index is 2.11. The van der Waals surface area contributed by atoms with Crippen LogP contribution in [0.4, 0.5) is 0 Å². The topological polar surface area (TPSA) is 53.6 Å². The largest absolute Gasteiger partial charge is 0.329 e. The average Bonchev–Trinajstić information content (AvgIpc) is 2.87. The highest BCUT2D eigenvalue weighted by Gasteiger charge is 2.06. The van der Waals surface area contributed by atoms with Crippen LogP contribution in [0.15, 0.2) is 36.7 Å². The van der Waals surface area contributed by atoms with Gasteiger partial charge in [0.15, 0.2) is 0 Å². The maximum Gasteiger partial charge on any atom is 0.122 e. The van der Waals surface area contributed by atoms with Gasteiger partial charge in [0.1, 0.15) is 5.82 Å². The quantitative estimate of drug-likeness (QED) is 0.805. The molecule has 0 bridgehead atoms. The zero-order chi connectivity index (χ0) is 13.5. The maximum absolute atomic E-state index is 9.10. The molecule has 2 rings (SSSR count). The highest BCUT2D eigenvalue weighted by atomic mass is 15.1. The molecule has 4 heteroatoms. The van der Waals surface area contributed by atoms with E-state index in [0.717, 1.165) is 36.5 Å². The van der Waals surface area contributed by atoms with Crippen molar-refractivity contribution in [2.75, 3.05) is 6.54 Å². The Bertz CT molecular complexity index is 566. The predicted molar refractivity (Wildman–Crippen MR) is 74.5 cm³/mol. The Morgan fingerprint density at radius 3 is 3.00 bits per heavy atom. The smallest absolute Gasteiger partial charge is 0.122 e. The molecule has 1 N–H and O–H groups in total. The van der Waals surface area contributed by atoms with Gasteiger partial charge in [-0.1, -0.05) is 25.1 Å². The van der Waals surface area contributed by atoms with E-state index < -0.39 is 0 Å². The van der Waals surface area contributed by atoms with Crippen LogP contribution in [0.25, 0.3) is 0 Å². The molecule has 0 saturated carbocycles. The first-order valence-corrected chi connectivity index (χ1v) is 6.54. The molecule has 0 saturated heterocycles. The molecule has 0 spiro atoms. The van der Waals surface area contributed by atoms with Crippen LogP contribution in [0.2, 0.25) is 0 Å². The third kappa shape index (κ3) is 3.43.